The van der Waals surface area contributed by atoms with Crippen molar-refractivity contribution in [2.45, 2.75) is 131 Å². The third-order valence-corrected chi connectivity index (χ3v) is 12.1. The molecule has 0 radical (unpaired) electrons. The van der Waals surface area contributed by atoms with Gasteiger partial charge in [0.05, 0.1) is 18.4 Å². The van der Waals surface area contributed by atoms with E-state index in [1.807, 2.05) is 18.2 Å². The summed E-state index contributed by atoms with van der Waals surface area (Å²) in [5, 5.41) is 0. The molecule has 3 unspecified atom stereocenters. The van der Waals surface area contributed by atoms with Gasteiger partial charge in [0, 0.05) is 17.4 Å². The number of carbonyl (C=O) groups is 2. The van der Waals surface area contributed by atoms with E-state index < -0.39 is 22.9 Å². The Morgan fingerprint density at radius 2 is 1.90 bits per heavy atom. The van der Waals surface area contributed by atoms with E-state index in [0.717, 1.165) is 60.8 Å². The maximum Gasteiger partial charge on any atom is 2.00 e. The number of allylic oxidation sites excluding steroid dienone is 1. The second-order valence-corrected chi connectivity index (χ2v) is 16.3. The SMILES string of the molecule is C/C=C1/CCCCC[C@@H]2C3CC3C[C@H]2CC(N)=N[C@@H](C(C)(C)C)C(=O)N2C[C@H](OC1=Nc1c[c-]ccc1C)C1(C[C@H]1C)[C@H]2C(C)=O.[CH2-]C.[U+2]. The summed E-state index contributed by atoms with van der Waals surface area (Å²) >= 11 is 0. The van der Waals surface area contributed by atoms with Crippen LogP contribution in [0.15, 0.2) is 39.8 Å². The second kappa shape index (κ2) is 16.2. The van der Waals surface area contributed by atoms with Crippen LogP contribution in [0.1, 0.15) is 112 Å². The van der Waals surface area contributed by atoms with E-state index in [9.17, 15) is 9.59 Å². The molecule has 1 saturated heterocycles. The first-order valence-corrected chi connectivity index (χ1v) is 18.6. The van der Waals surface area contributed by atoms with Crippen LogP contribution in [0.5, 0.6) is 0 Å². The minimum Gasteiger partial charge on any atom is -0.472 e. The number of carbonyl (C=O) groups excluding carboxylic acids is 2. The smallest absolute Gasteiger partial charge is 0.472 e. The summed E-state index contributed by atoms with van der Waals surface area (Å²) in [6, 6.07) is 7.77. The number of hydrogen-bond acceptors (Lipinski definition) is 6. The summed E-state index contributed by atoms with van der Waals surface area (Å²) in [6.45, 7) is 19.4. The molecule has 6 rings (SSSR count). The summed E-state index contributed by atoms with van der Waals surface area (Å²) < 4.78 is 7.01. The van der Waals surface area contributed by atoms with Crippen LogP contribution in [0.3, 0.4) is 0 Å². The largest absolute Gasteiger partial charge is 2.00 e. The molecule has 4 fully saturated rings. The van der Waals surface area contributed by atoms with Crippen LogP contribution in [0.2, 0.25) is 0 Å². The molecule has 266 valence electrons. The number of nitrogens with zero attached hydrogens (tertiary/aromatic N) is 3. The Morgan fingerprint density at radius 1 is 1.18 bits per heavy atom. The van der Waals surface area contributed by atoms with Gasteiger partial charge in [-0.05, 0) is 93.1 Å². The van der Waals surface area contributed by atoms with Crippen molar-refractivity contribution in [2.75, 3.05) is 6.54 Å². The number of Topliss-reactive ketones (excluding diaryl/α,β-unsaturated/α-hetero) is 1. The summed E-state index contributed by atoms with van der Waals surface area (Å²) in [5.74, 6) is 4.24. The van der Waals surface area contributed by atoms with Gasteiger partial charge in [0.2, 0.25) is 11.8 Å². The Morgan fingerprint density at radius 3 is 2.51 bits per heavy atom. The predicted octanol–water partition coefficient (Wildman–Crippen LogP) is 8.22. The zero-order valence-corrected chi connectivity index (χ0v) is 35.5. The van der Waals surface area contributed by atoms with E-state index >= 15 is 0 Å². The van der Waals surface area contributed by atoms with Crippen molar-refractivity contribution in [2.24, 2.45) is 56.1 Å². The van der Waals surface area contributed by atoms with Gasteiger partial charge in [0.15, 0.2) is 5.78 Å². The van der Waals surface area contributed by atoms with E-state index in [-0.39, 0.29) is 54.8 Å². The van der Waals surface area contributed by atoms with E-state index in [0.29, 0.717) is 30.1 Å². The molecule has 2 heterocycles. The number of aryl methyl sites for hydroxylation is 1. The topological polar surface area (TPSA) is 97.3 Å². The molecule has 2 aliphatic heterocycles. The summed E-state index contributed by atoms with van der Waals surface area (Å²) in [4.78, 5) is 40.1. The van der Waals surface area contributed by atoms with Crippen molar-refractivity contribution in [3.63, 3.8) is 0 Å². The fourth-order valence-corrected chi connectivity index (χ4v) is 9.40. The average molecular weight is 895 g/mol. The number of amides is 1. The molecule has 2 N–H and O–H groups in total. The van der Waals surface area contributed by atoms with Crippen molar-refractivity contribution in [1.29, 1.82) is 0 Å². The standard InChI is InChI=1S/C39H55N4O3.C2H5.U/c1-8-26-15-10-9-11-16-29-28(18-27-19-30(27)29)20-33(40)42-34(38(5,6)7)37(45)43-22-32(39(21-24(39)3)35(43)25(4)44)46-36(26)41-31-17-13-12-14-23(31)2;1-2;/h8,12,14,17,24,27-30,32,34-35H,9-11,15-16,18-22H2,1-7H3,(H2,40,42);1H2,2H3;/q2*-1;+2/b26-8-,41-36?;;/t24-,27?,28+,29+,30?,32+,34-,35-,39?;;/m1../s1. The molecule has 1 spiro atoms. The molecule has 9 atom stereocenters. The fraction of sp³-hybridized carbons (Fsp3) is 0.683. The first-order valence-electron chi connectivity index (χ1n) is 18.6. The molecular weight excluding hydrogens is 835 g/mol. The van der Waals surface area contributed by atoms with Gasteiger partial charge in [0.25, 0.3) is 0 Å². The Hall–Kier alpha value is -1.91. The Balaban J connectivity index is 0.00000177. The molecule has 8 heteroatoms. The number of benzene rings is 1. The van der Waals surface area contributed by atoms with Gasteiger partial charge in [0.1, 0.15) is 12.1 Å². The van der Waals surface area contributed by atoms with Gasteiger partial charge in [-0.3, -0.25) is 19.6 Å². The number of aliphatic imine (C=N–C) groups is 2. The molecule has 2 bridgehead atoms. The minimum absolute atomic E-state index is 0. The quantitative estimate of drug-likeness (QED) is 0.303. The number of amidine groups is 1. The number of fused-ring (bicyclic) bond motifs is 6. The van der Waals surface area contributed by atoms with Gasteiger partial charge >= 0.3 is 31.1 Å². The van der Waals surface area contributed by atoms with E-state index in [2.05, 4.69) is 60.6 Å². The number of ketones is 1. The third-order valence-electron chi connectivity index (χ3n) is 12.1. The zero-order chi connectivity index (χ0) is 35.0. The summed E-state index contributed by atoms with van der Waals surface area (Å²) in [6.07, 6.45) is 11.5. The van der Waals surface area contributed by atoms with Gasteiger partial charge in [-0.2, -0.15) is 31.2 Å². The second-order valence-electron chi connectivity index (χ2n) is 16.3. The molecule has 0 aromatic heterocycles. The van der Waals surface area contributed by atoms with Gasteiger partial charge < -0.3 is 22.3 Å². The fourth-order valence-electron chi connectivity index (χ4n) is 9.40. The average Bonchev–Trinajstić information content (AvgIpc) is 3.88. The zero-order valence-electron chi connectivity index (χ0n) is 31.4. The number of ether oxygens (including phenoxy) is 1. The van der Waals surface area contributed by atoms with Gasteiger partial charge in [-0.15, -0.1) is 5.56 Å². The molecule has 49 heavy (non-hydrogen) atoms. The van der Waals surface area contributed by atoms with Crippen LogP contribution >= 0.6 is 0 Å². The summed E-state index contributed by atoms with van der Waals surface area (Å²) in [7, 11) is 0. The summed E-state index contributed by atoms with van der Waals surface area (Å²) in [5.41, 5.74) is 8.79. The monoisotopic (exact) mass is 895 g/mol. The van der Waals surface area contributed by atoms with Crippen LogP contribution in [0.4, 0.5) is 5.69 Å². The number of hydrogen-bond donors (Lipinski definition) is 1. The molecule has 1 aromatic rings. The van der Waals surface area contributed by atoms with Gasteiger partial charge in [-0.1, -0.05) is 53.5 Å². The predicted molar refractivity (Wildman–Crippen MR) is 195 cm³/mol. The molecular formula is C41H60N4O3U. The van der Waals surface area contributed by atoms with Gasteiger partial charge in [-0.25, -0.2) is 0 Å². The Labute approximate surface area is 320 Å². The first kappa shape index (κ1) is 39.9. The maximum absolute atomic E-state index is 14.7. The van der Waals surface area contributed by atoms with E-state index in [1.54, 1.807) is 18.7 Å². The van der Waals surface area contributed by atoms with Crippen molar-refractivity contribution in [1.82, 2.24) is 4.90 Å². The van der Waals surface area contributed by atoms with E-state index in [4.69, 9.17) is 20.5 Å². The Bertz CT molecular complexity index is 1450. The van der Waals surface area contributed by atoms with Crippen molar-refractivity contribution in [3.8, 4) is 0 Å². The van der Waals surface area contributed by atoms with Crippen LogP contribution in [0, 0.1) is 91.4 Å². The Kier molecular flexibility index (Phi) is 13.2. The molecule has 1 aromatic carbocycles. The third kappa shape index (κ3) is 8.27. The molecule has 3 saturated carbocycles. The van der Waals surface area contributed by atoms with Crippen molar-refractivity contribution in [3.05, 3.63) is 48.4 Å². The minimum atomic E-state index is -0.672. The maximum atomic E-state index is 14.7. The van der Waals surface area contributed by atoms with Crippen molar-refractivity contribution < 1.29 is 45.4 Å². The molecule has 3 aliphatic carbocycles. The normalized spacial score (nSPS) is 36.3. The van der Waals surface area contributed by atoms with Crippen LogP contribution < -0.4 is 5.73 Å². The van der Waals surface area contributed by atoms with Crippen molar-refractivity contribution >= 4 is 29.1 Å². The van der Waals surface area contributed by atoms with Crippen LogP contribution in [-0.2, 0) is 14.3 Å². The molecule has 5 aliphatic rings. The van der Waals surface area contributed by atoms with Crippen LogP contribution in [0.25, 0.3) is 0 Å². The van der Waals surface area contributed by atoms with E-state index in [1.165, 1.54) is 25.7 Å². The first-order chi connectivity index (χ1) is 22.8. The molecule has 1 amide bonds. The number of rotatable bonds is 2. The number of nitrogens with two attached hydrogens (primary N) is 1. The molecule has 7 nitrogen and oxygen atoms in total. The van der Waals surface area contributed by atoms with Crippen LogP contribution in [-0.4, -0.2) is 53.1 Å².